The summed E-state index contributed by atoms with van der Waals surface area (Å²) in [4.78, 5) is 17.1. The van der Waals surface area contributed by atoms with E-state index >= 15 is 0 Å². The molecule has 1 amide bonds. The zero-order valence-electron chi connectivity index (χ0n) is 19.7. The van der Waals surface area contributed by atoms with Crippen LogP contribution in [0, 0.1) is 6.92 Å². The van der Waals surface area contributed by atoms with Crippen LogP contribution in [0.15, 0.2) is 77.7 Å². The molecule has 0 bridgehead atoms. The summed E-state index contributed by atoms with van der Waals surface area (Å²) in [6, 6.07) is 20.5. The number of hydrogen-bond donors (Lipinski definition) is 2. The zero-order chi connectivity index (χ0) is 24.8. The van der Waals surface area contributed by atoms with E-state index in [0.29, 0.717) is 30.2 Å². The van der Waals surface area contributed by atoms with Crippen molar-refractivity contribution < 1.29 is 17.9 Å². The molecule has 2 N–H and O–H groups in total. The fourth-order valence-electron chi connectivity index (χ4n) is 3.80. The largest absolute Gasteiger partial charge is 0.494 e. The molecule has 4 rings (SSSR count). The highest BCUT2D eigenvalue weighted by atomic mass is 32.2. The summed E-state index contributed by atoms with van der Waals surface area (Å²) in [6.07, 6.45) is 0.741. The SMILES string of the molecule is CCOc1ccc(NS(=O)(=O)c2ccc(C(=O)NCCCn3c(C)nc4ccccc43)cc2)cc1. The number of carbonyl (C=O) groups excluding carboxylic acids is 1. The van der Waals surface area contributed by atoms with Crippen molar-refractivity contribution in [3.63, 3.8) is 0 Å². The van der Waals surface area contributed by atoms with Gasteiger partial charge in [-0.2, -0.15) is 0 Å². The van der Waals surface area contributed by atoms with Gasteiger partial charge in [0, 0.05) is 24.3 Å². The molecule has 0 fully saturated rings. The highest BCUT2D eigenvalue weighted by Gasteiger charge is 2.15. The van der Waals surface area contributed by atoms with E-state index in [9.17, 15) is 13.2 Å². The average Bonchev–Trinajstić information content (AvgIpc) is 3.18. The maximum atomic E-state index is 12.7. The van der Waals surface area contributed by atoms with Gasteiger partial charge in [0.25, 0.3) is 15.9 Å². The van der Waals surface area contributed by atoms with Gasteiger partial charge in [0.1, 0.15) is 11.6 Å². The summed E-state index contributed by atoms with van der Waals surface area (Å²) < 4.78 is 35.4. The summed E-state index contributed by atoms with van der Waals surface area (Å²) in [7, 11) is -3.78. The minimum Gasteiger partial charge on any atom is -0.494 e. The summed E-state index contributed by atoms with van der Waals surface area (Å²) in [5.74, 6) is 1.35. The van der Waals surface area contributed by atoms with Gasteiger partial charge < -0.3 is 14.6 Å². The number of para-hydroxylation sites is 2. The second kappa shape index (κ2) is 10.6. The number of aryl methyl sites for hydroxylation is 2. The first-order chi connectivity index (χ1) is 16.9. The maximum Gasteiger partial charge on any atom is 0.261 e. The van der Waals surface area contributed by atoms with Crippen LogP contribution in [-0.4, -0.2) is 37.0 Å². The van der Waals surface area contributed by atoms with Crippen LogP contribution in [0.5, 0.6) is 5.75 Å². The van der Waals surface area contributed by atoms with Crippen molar-refractivity contribution in [3.8, 4) is 5.75 Å². The predicted molar refractivity (Wildman–Crippen MR) is 136 cm³/mol. The third kappa shape index (κ3) is 5.81. The number of aromatic nitrogens is 2. The lowest BCUT2D eigenvalue weighted by Gasteiger charge is -2.10. The van der Waals surface area contributed by atoms with Gasteiger partial charge in [0.05, 0.1) is 22.5 Å². The number of nitrogens with zero attached hydrogens (tertiary/aromatic N) is 2. The Labute approximate surface area is 205 Å². The molecule has 0 atom stereocenters. The highest BCUT2D eigenvalue weighted by molar-refractivity contribution is 7.92. The molecule has 0 unspecified atom stereocenters. The summed E-state index contributed by atoms with van der Waals surface area (Å²) in [6.45, 7) is 5.61. The van der Waals surface area contributed by atoms with Gasteiger partial charge in [-0.3, -0.25) is 9.52 Å². The Hall–Kier alpha value is -3.85. The van der Waals surface area contributed by atoms with Crippen molar-refractivity contribution in [1.29, 1.82) is 0 Å². The van der Waals surface area contributed by atoms with Gasteiger partial charge in [-0.15, -0.1) is 0 Å². The molecule has 0 aliphatic heterocycles. The van der Waals surface area contributed by atoms with Crippen LogP contribution in [0.25, 0.3) is 11.0 Å². The van der Waals surface area contributed by atoms with Gasteiger partial charge >= 0.3 is 0 Å². The molecular weight excluding hydrogens is 464 g/mol. The molecular formula is C26H28N4O4S. The van der Waals surface area contributed by atoms with Crippen molar-refractivity contribution in [1.82, 2.24) is 14.9 Å². The number of carbonyl (C=O) groups is 1. The number of rotatable bonds is 10. The number of fused-ring (bicyclic) bond motifs is 1. The summed E-state index contributed by atoms with van der Waals surface area (Å²) in [5, 5.41) is 2.89. The summed E-state index contributed by atoms with van der Waals surface area (Å²) in [5.41, 5.74) is 2.86. The number of nitrogens with one attached hydrogen (secondary N) is 2. The van der Waals surface area contributed by atoms with E-state index in [1.807, 2.05) is 38.1 Å². The van der Waals surface area contributed by atoms with Crippen LogP contribution < -0.4 is 14.8 Å². The molecule has 3 aromatic carbocycles. The standard InChI is InChI=1S/C26H28N4O4S/c1-3-34-22-13-11-21(12-14-22)29-35(32,33)23-15-9-20(10-16-23)26(31)27-17-6-18-30-19(2)28-24-7-4-5-8-25(24)30/h4-5,7-16,29H,3,6,17-18H2,1-2H3,(H,27,31). The first-order valence-corrected chi connectivity index (χ1v) is 12.9. The van der Waals surface area contributed by atoms with Crippen LogP contribution in [-0.2, 0) is 16.6 Å². The van der Waals surface area contributed by atoms with Crippen molar-refractivity contribution in [3.05, 3.63) is 84.2 Å². The number of amides is 1. The fraction of sp³-hybridized carbons (Fsp3) is 0.231. The van der Waals surface area contributed by atoms with Gasteiger partial charge in [0.2, 0.25) is 0 Å². The Bertz CT molecular complexity index is 1410. The third-order valence-corrected chi connectivity index (χ3v) is 6.93. The number of benzene rings is 3. The number of imidazole rings is 1. The van der Waals surface area contributed by atoms with Crippen molar-refractivity contribution in [2.75, 3.05) is 17.9 Å². The molecule has 0 spiro atoms. The molecule has 182 valence electrons. The average molecular weight is 493 g/mol. The van der Waals surface area contributed by atoms with Crippen molar-refractivity contribution in [2.24, 2.45) is 0 Å². The van der Waals surface area contributed by atoms with E-state index in [4.69, 9.17) is 4.74 Å². The second-order valence-corrected chi connectivity index (χ2v) is 9.68. The molecule has 0 saturated heterocycles. The van der Waals surface area contributed by atoms with Crippen LogP contribution >= 0.6 is 0 Å². The Morgan fingerprint density at radius 3 is 2.43 bits per heavy atom. The predicted octanol–water partition coefficient (Wildman–Crippen LogP) is 4.36. The van der Waals surface area contributed by atoms with Gasteiger partial charge in [-0.25, -0.2) is 13.4 Å². The normalized spacial score (nSPS) is 11.4. The smallest absolute Gasteiger partial charge is 0.261 e. The molecule has 0 aliphatic rings. The molecule has 0 aliphatic carbocycles. The molecule has 0 saturated carbocycles. The van der Waals surface area contributed by atoms with E-state index in [1.165, 1.54) is 24.3 Å². The molecule has 8 nitrogen and oxygen atoms in total. The minimum absolute atomic E-state index is 0.0744. The molecule has 35 heavy (non-hydrogen) atoms. The number of hydrogen-bond acceptors (Lipinski definition) is 5. The lowest BCUT2D eigenvalue weighted by molar-refractivity contribution is 0.0952. The minimum atomic E-state index is -3.78. The monoisotopic (exact) mass is 492 g/mol. The molecule has 4 aromatic rings. The van der Waals surface area contributed by atoms with E-state index in [1.54, 1.807) is 24.3 Å². The maximum absolute atomic E-state index is 12.7. The molecule has 0 radical (unpaired) electrons. The number of sulfonamides is 1. The Morgan fingerprint density at radius 1 is 1.00 bits per heavy atom. The van der Waals surface area contributed by atoms with Crippen LogP contribution in [0.3, 0.4) is 0 Å². The van der Waals surface area contributed by atoms with Crippen molar-refractivity contribution in [2.45, 2.75) is 31.7 Å². The number of anilines is 1. The van der Waals surface area contributed by atoms with E-state index in [-0.39, 0.29) is 10.8 Å². The quantitative estimate of drug-likeness (QED) is 0.320. The van der Waals surface area contributed by atoms with Crippen LogP contribution in [0.1, 0.15) is 29.5 Å². The van der Waals surface area contributed by atoms with Crippen LogP contribution in [0.4, 0.5) is 5.69 Å². The van der Waals surface area contributed by atoms with Gasteiger partial charge in [-0.05, 0) is 80.9 Å². The second-order valence-electron chi connectivity index (χ2n) is 8.00. The molecule has 1 heterocycles. The fourth-order valence-corrected chi connectivity index (χ4v) is 4.86. The zero-order valence-corrected chi connectivity index (χ0v) is 20.5. The highest BCUT2D eigenvalue weighted by Crippen LogP contribution is 2.20. The van der Waals surface area contributed by atoms with Crippen molar-refractivity contribution >= 4 is 32.7 Å². The Morgan fingerprint density at radius 2 is 1.71 bits per heavy atom. The first kappa shape index (κ1) is 24.3. The third-order valence-electron chi connectivity index (χ3n) is 5.53. The van der Waals surface area contributed by atoms with E-state index in [2.05, 4.69) is 19.6 Å². The van der Waals surface area contributed by atoms with Gasteiger partial charge in [0.15, 0.2) is 0 Å². The van der Waals surface area contributed by atoms with Gasteiger partial charge in [-0.1, -0.05) is 12.1 Å². The number of ether oxygens (including phenoxy) is 1. The lowest BCUT2D eigenvalue weighted by Crippen LogP contribution is -2.25. The molecule has 9 heteroatoms. The Kier molecular flexibility index (Phi) is 7.36. The molecule has 1 aromatic heterocycles. The lowest BCUT2D eigenvalue weighted by atomic mass is 10.2. The van der Waals surface area contributed by atoms with Crippen LogP contribution in [0.2, 0.25) is 0 Å². The van der Waals surface area contributed by atoms with E-state index in [0.717, 1.165) is 29.8 Å². The first-order valence-electron chi connectivity index (χ1n) is 11.4. The summed E-state index contributed by atoms with van der Waals surface area (Å²) >= 11 is 0. The van der Waals surface area contributed by atoms with E-state index < -0.39 is 10.0 Å². The topological polar surface area (TPSA) is 102 Å². The Balaban J connectivity index is 1.31.